The van der Waals surface area contributed by atoms with E-state index in [-0.39, 0.29) is 0 Å². The number of rotatable bonds is 6. The summed E-state index contributed by atoms with van der Waals surface area (Å²) in [4.78, 5) is 3.95. The van der Waals surface area contributed by atoms with Gasteiger partial charge in [-0.15, -0.1) is 0 Å². The van der Waals surface area contributed by atoms with E-state index in [2.05, 4.69) is 34.6 Å². The zero-order valence-corrected chi connectivity index (χ0v) is 11.7. The zero-order chi connectivity index (χ0) is 13.5. The fourth-order valence-corrected chi connectivity index (χ4v) is 1.88. The highest BCUT2D eigenvalue weighted by atomic mass is 35.5. The van der Waals surface area contributed by atoms with Gasteiger partial charge in [-0.25, -0.2) is 0 Å². The molecule has 0 bridgehead atoms. The Hall–Kier alpha value is -1.58. The Labute approximate surface area is 118 Å². The summed E-state index contributed by atoms with van der Waals surface area (Å²) >= 11 is 6.03. The monoisotopic (exact) mass is 276 g/mol. The minimum absolute atomic E-state index is 0.635. The first kappa shape index (κ1) is 13.8. The molecular formula is C15H17ClN2O. The number of nitrogens with one attached hydrogen (secondary N) is 1. The SMILES string of the molecule is CCOCc1ccc(CNc2ccncc2Cl)cc1. The molecule has 2 aromatic rings. The average Bonchev–Trinajstić information content (AvgIpc) is 2.45. The molecule has 1 aromatic heterocycles. The van der Waals surface area contributed by atoms with Crippen LogP contribution in [0.15, 0.2) is 42.7 Å². The van der Waals surface area contributed by atoms with Crippen LogP contribution in [0, 0.1) is 0 Å². The topological polar surface area (TPSA) is 34.1 Å². The van der Waals surface area contributed by atoms with Crippen molar-refractivity contribution in [3.8, 4) is 0 Å². The zero-order valence-electron chi connectivity index (χ0n) is 10.9. The second kappa shape index (κ2) is 7.12. The lowest BCUT2D eigenvalue weighted by Gasteiger charge is -2.08. The molecule has 4 heteroatoms. The predicted molar refractivity (Wildman–Crippen MR) is 78.3 cm³/mol. The average molecular weight is 277 g/mol. The molecule has 1 heterocycles. The third kappa shape index (κ3) is 4.23. The number of anilines is 1. The summed E-state index contributed by atoms with van der Waals surface area (Å²) in [5, 5.41) is 3.92. The van der Waals surface area contributed by atoms with E-state index in [1.54, 1.807) is 12.4 Å². The molecule has 0 aliphatic heterocycles. The molecule has 0 unspecified atom stereocenters. The van der Waals surface area contributed by atoms with E-state index < -0.39 is 0 Å². The fraction of sp³-hybridized carbons (Fsp3) is 0.267. The van der Waals surface area contributed by atoms with Crippen molar-refractivity contribution in [3.63, 3.8) is 0 Å². The van der Waals surface area contributed by atoms with E-state index >= 15 is 0 Å². The second-order valence-corrected chi connectivity index (χ2v) is 4.57. The van der Waals surface area contributed by atoms with E-state index in [1.807, 2.05) is 13.0 Å². The molecule has 0 fully saturated rings. The third-order valence-electron chi connectivity index (χ3n) is 2.75. The summed E-state index contributed by atoms with van der Waals surface area (Å²) in [5.74, 6) is 0. The van der Waals surface area contributed by atoms with Crippen molar-refractivity contribution in [1.82, 2.24) is 4.98 Å². The van der Waals surface area contributed by atoms with Crippen LogP contribution in [0.25, 0.3) is 0 Å². The predicted octanol–water partition coefficient (Wildman–Crippen LogP) is 3.88. The lowest BCUT2D eigenvalue weighted by molar-refractivity contribution is 0.134. The molecule has 0 saturated carbocycles. The van der Waals surface area contributed by atoms with Crippen LogP contribution < -0.4 is 5.32 Å². The number of hydrogen-bond donors (Lipinski definition) is 1. The molecule has 1 aromatic carbocycles. The van der Waals surface area contributed by atoms with E-state index in [0.29, 0.717) is 11.6 Å². The van der Waals surface area contributed by atoms with Crippen molar-refractivity contribution >= 4 is 17.3 Å². The van der Waals surface area contributed by atoms with E-state index in [9.17, 15) is 0 Å². The minimum Gasteiger partial charge on any atom is -0.380 e. The van der Waals surface area contributed by atoms with Crippen LogP contribution in [-0.2, 0) is 17.9 Å². The smallest absolute Gasteiger partial charge is 0.0820 e. The Bertz CT molecular complexity index is 514. The summed E-state index contributed by atoms with van der Waals surface area (Å²) in [6.45, 7) is 4.14. The number of nitrogens with zero attached hydrogens (tertiary/aromatic N) is 1. The summed E-state index contributed by atoms with van der Waals surface area (Å²) in [7, 11) is 0. The Morgan fingerprint density at radius 2 is 1.89 bits per heavy atom. The molecule has 0 radical (unpaired) electrons. The van der Waals surface area contributed by atoms with Crippen LogP contribution in [0.3, 0.4) is 0 Å². The molecule has 3 nitrogen and oxygen atoms in total. The van der Waals surface area contributed by atoms with Gasteiger partial charge in [0.2, 0.25) is 0 Å². The number of pyridine rings is 1. The van der Waals surface area contributed by atoms with Gasteiger partial charge in [-0.1, -0.05) is 35.9 Å². The van der Waals surface area contributed by atoms with Crippen LogP contribution in [0.1, 0.15) is 18.1 Å². The molecule has 0 aliphatic carbocycles. The van der Waals surface area contributed by atoms with Crippen LogP contribution in [0.4, 0.5) is 5.69 Å². The van der Waals surface area contributed by atoms with Crippen molar-refractivity contribution in [2.45, 2.75) is 20.1 Å². The Morgan fingerprint density at radius 3 is 2.58 bits per heavy atom. The van der Waals surface area contributed by atoms with E-state index in [0.717, 1.165) is 18.8 Å². The molecule has 0 aliphatic rings. The maximum atomic E-state index is 6.03. The molecule has 0 amide bonds. The Morgan fingerprint density at radius 1 is 1.16 bits per heavy atom. The lowest BCUT2D eigenvalue weighted by atomic mass is 10.1. The standard InChI is InChI=1S/C15H17ClN2O/c1-2-19-11-13-5-3-12(4-6-13)9-18-15-7-8-17-10-14(15)16/h3-8,10H,2,9,11H2,1H3,(H,17,18). The lowest BCUT2D eigenvalue weighted by Crippen LogP contribution is -2.00. The first-order valence-electron chi connectivity index (χ1n) is 6.28. The summed E-state index contributed by atoms with van der Waals surface area (Å²) in [6, 6.07) is 10.2. The molecule has 0 saturated heterocycles. The molecule has 0 spiro atoms. The highest BCUT2D eigenvalue weighted by molar-refractivity contribution is 6.33. The summed E-state index contributed by atoms with van der Waals surface area (Å²) < 4.78 is 5.36. The number of hydrogen-bond acceptors (Lipinski definition) is 3. The van der Waals surface area contributed by atoms with E-state index in [1.165, 1.54) is 11.1 Å². The van der Waals surface area contributed by atoms with Crippen LogP contribution in [-0.4, -0.2) is 11.6 Å². The van der Waals surface area contributed by atoms with Gasteiger partial charge < -0.3 is 10.1 Å². The van der Waals surface area contributed by atoms with Crippen LogP contribution >= 0.6 is 11.6 Å². The summed E-state index contributed by atoms with van der Waals surface area (Å²) in [6.07, 6.45) is 3.36. The molecule has 1 N–H and O–H groups in total. The number of benzene rings is 1. The van der Waals surface area contributed by atoms with E-state index in [4.69, 9.17) is 16.3 Å². The van der Waals surface area contributed by atoms with Crippen LogP contribution in [0.5, 0.6) is 0 Å². The quantitative estimate of drug-likeness (QED) is 0.869. The van der Waals surface area contributed by atoms with Crippen molar-refractivity contribution in [2.75, 3.05) is 11.9 Å². The van der Waals surface area contributed by atoms with Gasteiger partial charge in [-0.05, 0) is 24.1 Å². The second-order valence-electron chi connectivity index (χ2n) is 4.16. The van der Waals surface area contributed by atoms with Gasteiger partial charge >= 0.3 is 0 Å². The number of ether oxygens (including phenoxy) is 1. The number of aromatic nitrogens is 1. The van der Waals surface area contributed by atoms with Gasteiger partial charge in [-0.3, -0.25) is 4.98 Å². The first-order chi connectivity index (χ1) is 9.29. The Kier molecular flexibility index (Phi) is 5.19. The first-order valence-corrected chi connectivity index (χ1v) is 6.66. The normalized spacial score (nSPS) is 10.4. The molecular weight excluding hydrogens is 260 g/mol. The third-order valence-corrected chi connectivity index (χ3v) is 3.05. The van der Waals surface area contributed by atoms with Gasteiger partial charge in [0.1, 0.15) is 0 Å². The van der Waals surface area contributed by atoms with Gasteiger partial charge in [0.05, 0.1) is 17.3 Å². The van der Waals surface area contributed by atoms with Gasteiger partial charge in [-0.2, -0.15) is 0 Å². The summed E-state index contributed by atoms with van der Waals surface area (Å²) in [5.41, 5.74) is 3.29. The highest BCUT2D eigenvalue weighted by Crippen LogP contribution is 2.19. The maximum absolute atomic E-state index is 6.03. The maximum Gasteiger partial charge on any atom is 0.0820 e. The molecule has 0 atom stereocenters. The minimum atomic E-state index is 0.635. The molecule has 2 rings (SSSR count). The largest absolute Gasteiger partial charge is 0.380 e. The van der Waals surface area contributed by atoms with Crippen LogP contribution in [0.2, 0.25) is 5.02 Å². The molecule has 100 valence electrons. The Balaban J connectivity index is 1.91. The van der Waals surface area contributed by atoms with Crippen molar-refractivity contribution in [2.24, 2.45) is 0 Å². The van der Waals surface area contributed by atoms with Crippen molar-refractivity contribution in [1.29, 1.82) is 0 Å². The van der Waals surface area contributed by atoms with Gasteiger partial charge in [0.15, 0.2) is 0 Å². The fourth-order valence-electron chi connectivity index (χ4n) is 1.69. The van der Waals surface area contributed by atoms with Gasteiger partial charge in [0, 0.05) is 25.5 Å². The van der Waals surface area contributed by atoms with Crippen molar-refractivity contribution in [3.05, 3.63) is 58.9 Å². The molecule has 19 heavy (non-hydrogen) atoms. The highest BCUT2D eigenvalue weighted by Gasteiger charge is 1.99. The van der Waals surface area contributed by atoms with Gasteiger partial charge in [0.25, 0.3) is 0 Å². The van der Waals surface area contributed by atoms with Crippen molar-refractivity contribution < 1.29 is 4.74 Å². The number of halogens is 1.